The van der Waals surface area contributed by atoms with E-state index in [1.165, 1.54) is 11.3 Å². The third-order valence-corrected chi connectivity index (χ3v) is 3.87. The lowest BCUT2D eigenvalue weighted by Gasteiger charge is -2.23. The van der Waals surface area contributed by atoms with Gasteiger partial charge >= 0.3 is 0 Å². The van der Waals surface area contributed by atoms with Crippen molar-refractivity contribution in [2.24, 2.45) is 0 Å². The fourth-order valence-corrected chi connectivity index (χ4v) is 2.88. The van der Waals surface area contributed by atoms with E-state index in [0.717, 1.165) is 22.6 Å². The Bertz CT molecular complexity index is 363. The second-order valence-corrected chi connectivity index (χ2v) is 5.43. The molecule has 16 heavy (non-hydrogen) atoms. The topological polar surface area (TPSA) is 50.4 Å². The smallest absolute Gasteiger partial charge is 0.226 e. The Labute approximate surface area is 106 Å². The average molecular weight is 305 g/mol. The van der Waals surface area contributed by atoms with Crippen LogP contribution in [0.5, 0.6) is 0 Å². The maximum Gasteiger partial charge on any atom is 0.226 e. The number of carbonyl (C=O) groups is 1. The van der Waals surface area contributed by atoms with Gasteiger partial charge in [-0.3, -0.25) is 4.79 Å². The van der Waals surface area contributed by atoms with Crippen LogP contribution in [0.25, 0.3) is 0 Å². The van der Waals surface area contributed by atoms with Gasteiger partial charge in [0.2, 0.25) is 5.91 Å². The number of anilines is 1. The van der Waals surface area contributed by atoms with E-state index in [1.54, 1.807) is 0 Å². The summed E-state index contributed by atoms with van der Waals surface area (Å²) in [5.41, 5.74) is 0. The monoisotopic (exact) mass is 304 g/mol. The number of nitrogens with one attached hydrogen (secondary N) is 2. The summed E-state index contributed by atoms with van der Waals surface area (Å²) in [5, 5.41) is 8.92. The zero-order valence-corrected chi connectivity index (χ0v) is 11.1. The van der Waals surface area contributed by atoms with Gasteiger partial charge in [0.15, 0.2) is 0 Å². The number of morpholine rings is 1. The van der Waals surface area contributed by atoms with Crippen LogP contribution >= 0.6 is 27.3 Å². The Morgan fingerprint density at radius 3 is 3.25 bits per heavy atom. The molecule has 0 aromatic carbocycles. The van der Waals surface area contributed by atoms with E-state index >= 15 is 0 Å². The fraction of sp³-hybridized carbons (Fsp3) is 0.500. The second kappa shape index (κ2) is 5.77. The molecule has 1 unspecified atom stereocenters. The van der Waals surface area contributed by atoms with Crippen LogP contribution in [-0.4, -0.2) is 31.7 Å². The number of rotatable bonds is 3. The summed E-state index contributed by atoms with van der Waals surface area (Å²) in [4.78, 5) is 11.7. The van der Waals surface area contributed by atoms with Crippen LogP contribution in [0.4, 0.5) is 5.00 Å². The molecule has 1 amide bonds. The minimum absolute atomic E-state index is 0.0253. The van der Waals surface area contributed by atoms with Gasteiger partial charge < -0.3 is 15.4 Å². The molecular weight excluding hydrogens is 292 g/mol. The third kappa shape index (κ3) is 3.55. The summed E-state index contributed by atoms with van der Waals surface area (Å²) < 4.78 is 6.28. The number of amides is 1. The van der Waals surface area contributed by atoms with E-state index in [-0.39, 0.29) is 11.9 Å². The molecule has 2 rings (SSSR count). The molecule has 2 heterocycles. The van der Waals surface area contributed by atoms with E-state index in [1.807, 2.05) is 11.4 Å². The predicted molar refractivity (Wildman–Crippen MR) is 67.9 cm³/mol. The molecule has 1 fully saturated rings. The Kier molecular flexibility index (Phi) is 4.34. The molecule has 0 saturated carbocycles. The molecule has 1 aliphatic rings. The molecule has 88 valence electrons. The second-order valence-electron chi connectivity index (χ2n) is 3.61. The van der Waals surface area contributed by atoms with Crippen molar-refractivity contribution < 1.29 is 9.53 Å². The molecular formula is C10H13BrN2O2S. The lowest BCUT2D eigenvalue weighted by atomic mass is 10.2. The minimum Gasteiger partial charge on any atom is -0.378 e. The van der Waals surface area contributed by atoms with Crippen LogP contribution in [0.15, 0.2) is 15.9 Å². The van der Waals surface area contributed by atoms with Crippen molar-refractivity contribution in [2.45, 2.75) is 12.5 Å². The number of carbonyl (C=O) groups excluding carboxylic acids is 1. The highest BCUT2D eigenvalue weighted by molar-refractivity contribution is 9.10. The number of hydrogen-bond acceptors (Lipinski definition) is 4. The summed E-state index contributed by atoms with van der Waals surface area (Å²) in [5.74, 6) is 0.0253. The highest BCUT2D eigenvalue weighted by Crippen LogP contribution is 2.24. The molecule has 1 aliphatic heterocycles. The zero-order chi connectivity index (χ0) is 11.4. The van der Waals surface area contributed by atoms with Gasteiger partial charge in [-0.2, -0.15) is 0 Å². The lowest BCUT2D eigenvalue weighted by Crippen LogP contribution is -2.43. The molecule has 1 aromatic heterocycles. The molecule has 2 N–H and O–H groups in total. The van der Waals surface area contributed by atoms with E-state index in [2.05, 4.69) is 26.6 Å². The quantitative estimate of drug-likeness (QED) is 0.896. The van der Waals surface area contributed by atoms with Crippen LogP contribution in [0, 0.1) is 0 Å². The third-order valence-electron chi connectivity index (χ3n) is 2.26. The molecule has 1 aromatic rings. The minimum atomic E-state index is 0.0253. The van der Waals surface area contributed by atoms with Crippen molar-refractivity contribution in [3.8, 4) is 0 Å². The summed E-state index contributed by atoms with van der Waals surface area (Å²) in [6.45, 7) is 2.17. The molecule has 1 saturated heterocycles. The average Bonchev–Trinajstić information content (AvgIpc) is 2.65. The maximum absolute atomic E-state index is 11.7. The fourth-order valence-electron chi connectivity index (χ4n) is 1.54. The number of thiophene rings is 1. The standard InChI is InChI=1S/C10H13BrN2O2S/c11-7-3-10(16-6-7)13-9(14)4-8-5-15-2-1-12-8/h3,6,8,12H,1-2,4-5H2,(H,13,14). The van der Waals surface area contributed by atoms with E-state index < -0.39 is 0 Å². The van der Waals surface area contributed by atoms with E-state index in [4.69, 9.17) is 4.74 Å². The van der Waals surface area contributed by atoms with Crippen molar-refractivity contribution >= 4 is 38.2 Å². The number of hydrogen-bond donors (Lipinski definition) is 2. The lowest BCUT2D eigenvalue weighted by molar-refractivity contribution is -0.117. The van der Waals surface area contributed by atoms with Crippen LogP contribution in [-0.2, 0) is 9.53 Å². The van der Waals surface area contributed by atoms with Crippen molar-refractivity contribution in [1.82, 2.24) is 5.32 Å². The van der Waals surface area contributed by atoms with Crippen molar-refractivity contribution in [2.75, 3.05) is 25.1 Å². The SMILES string of the molecule is O=C(CC1COCCN1)Nc1cc(Br)cs1. The summed E-state index contributed by atoms with van der Waals surface area (Å²) in [6.07, 6.45) is 0.454. The van der Waals surface area contributed by atoms with Crippen molar-refractivity contribution in [1.29, 1.82) is 0 Å². The Morgan fingerprint density at radius 1 is 1.75 bits per heavy atom. The highest BCUT2D eigenvalue weighted by atomic mass is 79.9. The van der Waals surface area contributed by atoms with Gasteiger partial charge in [-0.05, 0) is 22.0 Å². The first kappa shape index (κ1) is 12.0. The zero-order valence-electron chi connectivity index (χ0n) is 8.66. The van der Waals surface area contributed by atoms with Gasteiger partial charge in [0.05, 0.1) is 18.2 Å². The van der Waals surface area contributed by atoms with E-state index in [0.29, 0.717) is 13.0 Å². The number of ether oxygens (including phenoxy) is 1. The largest absolute Gasteiger partial charge is 0.378 e. The molecule has 4 nitrogen and oxygen atoms in total. The van der Waals surface area contributed by atoms with Crippen molar-refractivity contribution in [3.63, 3.8) is 0 Å². The summed E-state index contributed by atoms with van der Waals surface area (Å²) >= 11 is 4.86. The molecule has 0 bridgehead atoms. The van der Waals surface area contributed by atoms with Crippen molar-refractivity contribution in [3.05, 3.63) is 15.9 Å². The summed E-state index contributed by atoms with van der Waals surface area (Å²) in [6, 6.07) is 2.03. The van der Waals surface area contributed by atoms with Crippen LogP contribution in [0.3, 0.4) is 0 Å². The number of halogens is 1. The van der Waals surface area contributed by atoms with Gasteiger partial charge in [0.25, 0.3) is 0 Å². The Balaban J connectivity index is 1.79. The summed E-state index contributed by atoms with van der Waals surface area (Å²) in [7, 11) is 0. The van der Waals surface area contributed by atoms with Gasteiger partial charge in [-0.15, -0.1) is 11.3 Å². The van der Waals surface area contributed by atoms with Crippen LogP contribution < -0.4 is 10.6 Å². The van der Waals surface area contributed by atoms with Gasteiger partial charge in [-0.25, -0.2) is 0 Å². The highest BCUT2D eigenvalue weighted by Gasteiger charge is 2.17. The normalized spacial score (nSPS) is 20.7. The molecule has 6 heteroatoms. The molecule has 0 radical (unpaired) electrons. The van der Waals surface area contributed by atoms with Crippen LogP contribution in [0.1, 0.15) is 6.42 Å². The Morgan fingerprint density at radius 2 is 2.62 bits per heavy atom. The van der Waals surface area contributed by atoms with Gasteiger partial charge in [0.1, 0.15) is 0 Å². The molecule has 1 atom stereocenters. The van der Waals surface area contributed by atoms with Gasteiger partial charge in [0, 0.05) is 28.9 Å². The first-order valence-electron chi connectivity index (χ1n) is 5.09. The first-order chi connectivity index (χ1) is 7.74. The molecule has 0 spiro atoms. The Hall–Kier alpha value is -0.430. The predicted octanol–water partition coefficient (Wildman–Crippen LogP) is 1.83. The van der Waals surface area contributed by atoms with Gasteiger partial charge in [-0.1, -0.05) is 0 Å². The first-order valence-corrected chi connectivity index (χ1v) is 6.76. The van der Waals surface area contributed by atoms with Crippen LogP contribution in [0.2, 0.25) is 0 Å². The van der Waals surface area contributed by atoms with E-state index in [9.17, 15) is 4.79 Å². The maximum atomic E-state index is 11.7. The molecule has 0 aliphatic carbocycles.